The van der Waals surface area contributed by atoms with Crippen molar-refractivity contribution >= 4 is 11.8 Å². The Morgan fingerprint density at radius 3 is 2.23 bits per heavy atom. The quantitative estimate of drug-likeness (QED) is 0.619. The summed E-state index contributed by atoms with van der Waals surface area (Å²) in [5.74, 6) is -2.45. The van der Waals surface area contributed by atoms with Crippen LogP contribution in [0.5, 0.6) is 5.75 Å². The van der Waals surface area contributed by atoms with Gasteiger partial charge in [-0.05, 0) is 73.0 Å². The molecule has 0 aliphatic rings. The summed E-state index contributed by atoms with van der Waals surface area (Å²) < 4.78 is 32.5. The second-order valence-electron chi connectivity index (χ2n) is 6.76. The lowest BCUT2D eigenvalue weighted by Crippen LogP contribution is -2.42. The fourth-order valence-electron chi connectivity index (χ4n) is 2.65. The molecule has 0 spiro atoms. The predicted molar refractivity (Wildman–Crippen MR) is 108 cm³/mol. The van der Waals surface area contributed by atoms with Gasteiger partial charge in [-0.1, -0.05) is 18.2 Å². The van der Waals surface area contributed by atoms with Crippen LogP contribution in [-0.2, 0) is 6.61 Å². The van der Waals surface area contributed by atoms with Crippen LogP contribution in [0.2, 0.25) is 0 Å². The Balaban J connectivity index is 1.55. The molecule has 154 valence electrons. The van der Waals surface area contributed by atoms with Gasteiger partial charge in [0, 0.05) is 5.56 Å². The molecule has 0 saturated carbocycles. The van der Waals surface area contributed by atoms with Gasteiger partial charge in [0.15, 0.2) is 0 Å². The maximum atomic E-state index is 13.6. The van der Waals surface area contributed by atoms with Crippen LogP contribution in [0.25, 0.3) is 0 Å². The second-order valence-corrected chi connectivity index (χ2v) is 6.76. The number of hydrogen-bond donors (Lipinski definition) is 2. The highest BCUT2D eigenvalue weighted by Crippen LogP contribution is 2.18. The fraction of sp³-hybridized carbons (Fsp3) is 0.130. The predicted octanol–water partition coefficient (Wildman–Crippen LogP) is 4.24. The van der Waals surface area contributed by atoms with Crippen LogP contribution in [0.1, 0.15) is 37.4 Å². The van der Waals surface area contributed by atoms with Gasteiger partial charge >= 0.3 is 0 Å². The summed E-state index contributed by atoms with van der Waals surface area (Å²) in [7, 11) is 0. The molecule has 30 heavy (non-hydrogen) atoms. The third-order valence-electron chi connectivity index (χ3n) is 4.56. The topological polar surface area (TPSA) is 67.4 Å². The molecule has 7 heteroatoms. The van der Waals surface area contributed by atoms with Crippen molar-refractivity contribution in [2.75, 3.05) is 0 Å². The zero-order chi connectivity index (χ0) is 21.7. The van der Waals surface area contributed by atoms with E-state index in [1.807, 2.05) is 32.0 Å². The number of carbonyl (C=O) groups excluding carboxylic acids is 2. The van der Waals surface area contributed by atoms with E-state index in [9.17, 15) is 18.4 Å². The number of carbonyl (C=O) groups is 2. The molecule has 3 aromatic rings. The standard InChI is InChI=1S/C23H20F2N2O3/c1-14-3-9-19(11-15(14)2)30-13-16-4-6-17(7-5-16)22(28)26-27-23(29)20-12-18(24)8-10-21(20)25/h3-12H,13H2,1-2H3,(H,26,28)(H,27,29). The minimum absolute atomic E-state index is 0.282. The minimum atomic E-state index is -0.959. The van der Waals surface area contributed by atoms with Crippen LogP contribution < -0.4 is 15.6 Å². The van der Waals surface area contributed by atoms with Gasteiger partial charge in [-0.2, -0.15) is 0 Å². The summed E-state index contributed by atoms with van der Waals surface area (Å²) in [6.07, 6.45) is 0. The maximum absolute atomic E-state index is 13.6. The first-order valence-corrected chi connectivity index (χ1v) is 9.18. The van der Waals surface area contributed by atoms with E-state index in [2.05, 4.69) is 10.9 Å². The van der Waals surface area contributed by atoms with Crippen LogP contribution in [0, 0.1) is 25.5 Å². The molecule has 3 aromatic carbocycles. The number of rotatable bonds is 5. The van der Waals surface area contributed by atoms with Crippen LogP contribution in [-0.4, -0.2) is 11.8 Å². The van der Waals surface area contributed by atoms with Gasteiger partial charge in [0.2, 0.25) is 0 Å². The zero-order valence-corrected chi connectivity index (χ0v) is 16.5. The van der Waals surface area contributed by atoms with Crippen molar-refractivity contribution in [1.82, 2.24) is 10.9 Å². The molecule has 0 aliphatic heterocycles. The molecule has 0 radical (unpaired) electrons. The van der Waals surface area contributed by atoms with Crippen molar-refractivity contribution in [3.63, 3.8) is 0 Å². The van der Waals surface area contributed by atoms with Crippen LogP contribution >= 0.6 is 0 Å². The Morgan fingerprint density at radius 2 is 1.53 bits per heavy atom. The molecule has 0 bridgehead atoms. The second kappa shape index (κ2) is 9.17. The molecule has 5 nitrogen and oxygen atoms in total. The number of amides is 2. The average Bonchev–Trinajstić information content (AvgIpc) is 2.74. The van der Waals surface area contributed by atoms with Gasteiger partial charge < -0.3 is 4.74 Å². The highest BCUT2D eigenvalue weighted by Gasteiger charge is 2.14. The number of nitrogens with one attached hydrogen (secondary N) is 2. The Kier molecular flexibility index (Phi) is 6.41. The molecule has 0 aromatic heterocycles. The maximum Gasteiger partial charge on any atom is 0.272 e. The van der Waals surface area contributed by atoms with E-state index in [-0.39, 0.29) is 5.56 Å². The van der Waals surface area contributed by atoms with Gasteiger partial charge in [-0.25, -0.2) is 8.78 Å². The Morgan fingerprint density at radius 1 is 0.833 bits per heavy atom. The number of benzene rings is 3. The summed E-state index contributed by atoms with van der Waals surface area (Å²) in [4.78, 5) is 24.1. The van der Waals surface area contributed by atoms with Gasteiger partial charge in [0.25, 0.3) is 11.8 Å². The lowest BCUT2D eigenvalue weighted by atomic mass is 10.1. The van der Waals surface area contributed by atoms with E-state index in [1.165, 1.54) is 5.56 Å². The van der Waals surface area contributed by atoms with Crippen molar-refractivity contribution in [3.8, 4) is 5.75 Å². The summed E-state index contributed by atoms with van der Waals surface area (Å²) >= 11 is 0. The fourth-order valence-corrected chi connectivity index (χ4v) is 2.65. The van der Waals surface area contributed by atoms with Crippen molar-refractivity contribution < 1.29 is 23.1 Å². The van der Waals surface area contributed by atoms with E-state index in [1.54, 1.807) is 24.3 Å². The largest absolute Gasteiger partial charge is 0.489 e. The number of ether oxygens (including phenoxy) is 1. The van der Waals surface area contributed by atoms with Gasteiger partial charge in [0.05, 0.1) is 5.56 Å². The third-order valence-corrected chi connectivity index (χ3v) is 4.56. The minimum Gasteiger partial charge on any atom is -0.489 e. The molecule has 0 saturated heterocycles. The molecule has 2 amide bonds. The first-order valence-electron chi connectivity index (χ1n) is 9.18. The molecule has 2 N–H and O–H groups in total. The molecule has 0 aliphatic carbocycles. The monoisotopic (exact) mass is 410 g/mol. The lowest BCUT2D eigenvalue weighted by Gasteiger charge is -2.10. The van der Waals surface area contributed by atoms with Crippen LogP contribution in [0.4, 0.5) is 8.78 Å². The average molecular weight is 410 g/mol. The summed E-state index contributed by atoms with van der Waals surface area (Å²) in [5.41, 5.74) is 7.20. The highest BCUT2D eigenvalue weighted by molar-refractivity contribution is 5.99. The number of hydrogen-bond acceptors (Lipinski definition) is 3. The van der Waals surface area contributed by atoms with E-state index >= 15 is 0 Å². The van der Waals surface area contributed by atoms with Gasteiger partial charge in [0.1, 0.15) is 24.0 Å². The molecule has 0 heterocycles. The summed E-state index contributed by atoms with van der Waals surface area (Å²) in [5, 5.41) is 0. The Hall–Kier alpha value is -3.74. The normalized spacial score (nSPS) is 10.4. The van der Waals surface area contributed by atoms with E-state index in [4.69, 9.17) is 4.74 Å². The first-order chi connectivity index (χ1) is 14.3. The number of hydrazine groups is 1. The van der Waals surface area contributed by atoms with Crippen molar-refractivity contribution in [2.24, 2.45) is 0 Å². The van der Waals surface area contributed by atoms with E-state index < -0.39 is 29.0 Å². The number of aryl methyl sites for hydroxylation is 2. The van der Waals surface area contributed by atoms with Gasteiger partial charge in [-0.3, -0.25) is 20.4 Å². The Labute approximate surface area is 172 Å². The molecule has 0 fully saturated rings. The highest BCUT2D eigenvalue weighted by atomic mass is 19.1. The Bertz CT molecular complexity index is 1080. The SMILES string of the molecule is Cc1ccc(OCc2ccc(C(=O)NNC(=O)c3cc(F)ccc3F)cc2)cc1C. The lowest BCUT2D eigenvalue weighted by molar-refractivity contribution is 0.0844. The molecular weight excluding hydrogens is 390 g/mol. The van der Waals surface area contributed by atoms with Crippen LogP contribution in [0.15, 0.2) is 60.7 Å². The van der Waals surface area contributed by atoms with Crippen molar-refractivity contribution in [2.45, 2.75) is 20.5 Å². The van der Waals surface area contributed by atoms with Crippen LogP contribution in [0.3, 0.4) is 0 Å². The zero-order valence-electron chi connectivity index (χ0n) is 16.5. The molecule has 3 rings (SSSR count). The van der Waals surface area contributed by atoms with Crippen molar-refractivity contribution in [3.05, 3.63) is 100 Å². The summed E-state index contributed by atoms with van der Waals surface area (Å²) in [6, 6.07) is 14.9. The molecular formula is C23H20F2N2O3. The van der Waals surface area contributed by atoms with Gasteiger partial charge in [-0.15, -0.1) is 0 Å². The molecule has 0 unspecified atom stereocenters. The van der Waals surface area contributed by atoms with E-state index in [0.29, 0.717) is 6.61 Å². The first kappa shape index (κ1) is 21.0. The number of halogens is 2. The van der Waals surface area contributed by atoms with E-state index in [0.717, 1.165) is 35.1 Å². The summed E-state index contributed by atoms with van der Waals surface area (Å²) in [6.45, 7) is 4.37. The third kappa shape index (κ3) is 5.20. The smallest absolute Gasteiger partial charge is 0.272 e. The van der Waals surface area contributed by atoms with Crippen molar-refractivity contribution in [1.29, 1.82) is 0 Å². The molecule has 0 atom stereocenters.